The van der Waals surface area contributed by atoms with Crippen molar-refractivity contribution in [2.75, 3.05) is 5.43 Å². The topological polar surface area (TPSA) is 89.3 Å². The Morgan fingerprint density at radius 3 is 2.53 bits per heavy atom. The molecular weight excluding hydrogens is 262 g/mol. The SMILES string of the molecule is NNc1ccc(C(N)=NCc2ccc(Cl)cc2)nc1. The van der Waals surface area contributed by atoms with Crippen LogP contribution in [0.4, 0.5) is 5.69 Å². The predicted molar refractivity (Wildman–Crippen MR) is 77.9 cm³/mol. The average molecular weight is 276 g/mol. The van der Waals surface area contributed by atoms with E-state index in [2.05, 4.69) is 15.4 Å². The lowest BCUT2D eigenvalue weighted by Crippen LogP contribution is -2.16. The van der Waals surface area contributed by atoms with E-state index in [1.165, 1.54) is 0 Å². The van der Waals surface area contributed by atoms with E-state index in [-0.39, 0.29) is 0 Å². The zero-order valence-corrected chi connectivity index (χ0v) is 10.9. The van der Waals surface area contributed by atoms with Crippen molar-refractivity contribution < 1.29 is 0 Å². The van der Waals surface area contributed by atoms with Crippen LogP contribution in [0, 0.1) is 0 Å². The van der Waals surface area contributed by atoms with E-state index in [0.717, 1.165) is 5.56 Å². The zero-order chi connectivity index (χ0) is 13.7. The Morgan fingerprint density at radius 1 is 1.21 bits per heavy atom. The van der Waals surface area contributed by atoms with Crippen LogP contribution in [-0.2, 0) is 6.54 Å². The highest BCUT2D eigenvalue weighted by Crippen LogP contribution is 2.10. The standard InChI is InChI=1S/C13H14ClN5/c14-10-3-1-9(2-4-10)7-18-13(15)12-6-5-11(19-16)8-17-12/h1-6,8,19H,7,16H2,(H2,15,18). The lowest BCUT2D eigenvalue weighted by molar-refractivity contribution is 1.06. The third-order valence-corrected chi connectivity index (χ3v) is 2.79. The first-order valence-corrected chi connectivity index (χ1v) is 6.04. The van der Waals surface area contributed by atoms with Crippen LogP contribution in [0.2, 0.25) is 5.02 Å². The molecule has 0 saturated carbocycles. The molecular formula is C13H14ClN5. The number of amidine groups is 1. The molecule has 0 aliphatic rings. The highest BCUT2D eigenvalue weighted by Gasteiger charge is 2.00. The molecule has 19 heavy (non-hydrogen) atoms. The Balaban J connectivity index is 2.07. The second-order valence-corrected chi connectivity index (χ2v) is 4.34. The van der Waals surface area contributed by atoms with Crippen LogP contribution < -0.4 is 17.0 Å². The molecule has 2 rings (SSSR count). The van der Waals surface area contributed by atoms with Crippen molar-refractivity contribution >= 4 is 23.1 Å². The summed E-state index contributed by atoms with van der Waals surface area (Å²) >= 11 is 5.81. The fraction of sp³-hybridized carbons (Fsp3) is 0.0769. The van der Waals surface area contributed by atoms with Gasteiger partial charge in [-0.3, -0.25) is 15.8 Å². The van der Waals surface area contributed by atoms with Crippen LogP contribution in [0.3, 0.4) is 0 Å². The number of pyridine rings is 1. The number of nitrogens with two attached hydrogens (primary N) is 2. The van der Waals surface area contributed by atoms with Gasteiger partial charge in [0.2, 0.25) is 0 Å². The molecule has 0 spiro atoms. The van der Waals surface area contributed by atoms with E-state index < -0.39 is 0 Å². The van der Waals surface area contributed by atoms with Gasteiger partial charge in [0.15, 0.2) is 0 Å². The molecule has 1 heterocycles. The number of rotatable bonds is 4. The number of nitrogens with one attached hydrogen (secondary N) is 1. The fourth-order valence-corrected chi connectivity index (χ4v) is 1.60. The Labute approximate surface area is 116 Å². The van der Waals surface area contributed by atoms with Gasteiger partial charge < -0.3 is 11.2 Å². The molecule has 0 fully saturated rings. The van der Waals surface area contributed by atoms with Crippen molar-refractivity contribution in [1.29, 1.82) is 0 Å². The van der Waals surface area contributed by atoms with Crippen molar-refractivity contribution in [2.45, 2.75) is 6.54 Å². The Kier molecular flexibility index (Phi) is 4.33. The minimum Gasteiger partial charge on any atom is -0.382 e. The van der Waals surface area contributed by atoms with Gasteiger partial charge in [0.05, 0.1) is 18.4 Å². The molecule has 6 heteroatoms. The average Bonchev–Trinajstić information content (AvgIpc) is 2.46. The molecule has 2 aromatic rings. The van der Waals surface area contributed by atoms with Gasteiger partial charge >= 0.3 is 0 Å². The van der Waals surface area contributed by atoms with E-state index in [9.17, 15) is 0 Å². The quantitative estimate of drug-likeness (QED) is 0.344. The predicted octanol–water partition coefficient (Wildman–Crippen LogP) is 1.93. The van der Waals surface area contributed by atoms with E-state index in [0.29, 0.717) is 28.8 Å². The number of nitrogen functional groups attached to an aromatic ring is 1. The number of hydrogen-bond acceptors (Lipinski definition) is 4. The molecule has 0 bridgehead atoms. The van der Waals surface area contributed by atoms with E-state index in [1.54, 1.807) is 18.3 Å². The molecule has 5 N–H and O–H groups in total. The maximum Gasteiger partial charge on any atom is 0.144 e. The van der Waals surface area contributed by atoms with Crippen LogP contribution in [0.15, 0.2) is 47.6 Å². The largest absolute Gasteiger partial charge is 0.382 e. The molecule has 0 unspecified atom stereocenters. The van der Waals surface area contributed by atoms with Gasteiger partial charge in [-0.1, -0.05) is 23.7 Å². The highest BCUT2D eigenvalue weighted by molar-refractivity contribution is 6.30. The molecule has 1 aromatic heterocycles. The van der Waals surface area contributed by atoms with Gasteiger partial charge in [0, 0.05) is 5.02 Å². The summed E-state index contributed by atoms with van der Waals surface area (Å²) in [5, 5.41) is 0.701. The van der Waals surface area contributed by atoms with Crippen molar-refractivity contribution in [3.8, 4) is 0 Å². The summed E-state index contributed by atoms with van der Waals surface area (Å²) in [6, 6.07) is 11.0. The van der Waals surface area contributed by atoms with Crippen LogP contribution in [0.1, 0.15) is 11.3 Å². The molecule has 1 aromatic carbocycles. The first kappa shape index (κ1) is 13.3. The second-order valence-electron chi connectivity index (χ2n) is 3.90. The zero-order valence-electron chi connectivity index (χ0n) is 10.2. The monoisotopic (exact) mass is 275 g/mol. The summed E-state index contributed by atoms with van der Waals surface area (Å²) in [7, 11) is 0. The minimum absolute atomic E-state index is 0.388. The first-order valence-electron chi connectivity index (χ1n) is 5.66. The number of anilines is 1. The van der Waals surface area contributed by atoms with Crippen LogP contribution >= 0.6 is 11.6 Å². The highest BCUT2D eigenvalue weighted by atomic mass is 35.5. The third kappa shape index (κ3) is 3.67. The van der Waals surface area contributed by atoms with Crippen LogP contribution in [0.5, 0.6) is 0 Å². The number of aliphatic imine (C=N–C) groups is 1. The summed E-state index contributed by atoms with van der Waals surface area (Å²) in [6.07, 6.45) is 1.60. The summed E-state index contributed by atoms with van der Waals surface area (Å²) in [5.74, 6) is 5.65. The molecule has 0 radical (unpaired) electrons. The van der Waals surface area contributed by atoms with Gasteiger partial charge in [-0.2, -0.15) is 0 Å². The number of benzene rings is 1. The third-order valence-electron chi connectivity index (χ3n) is 2.54. The van der Waals surface area contributed by atoms with Crippen molar-refractivity contribution in [1.82, 2.24) is 4.98 Å². The lowest BCUT2D eigenvalue weighted by Gasteiger charge is -2.03. The van der Waals surface area contributed by atoms with Gasteiger partial charge in [0.25, 0.3) is 0 Å². The fourth-order valence-electron chi connectivity index (χ4n) is 1.48. The van der Waals surface area contributed by atoms with Gasteiger partial charge in [0.1, 0.15) is 11.5 Å². The number of halogens is 1. The second kappa shape index (κ2) is 6.17. The summed E-state index contributed by atoms with van der Waals surface area (Å²) < 4.78 is 0. The Bertz CT molecular complexity index is 563. The maximum atomic E-state index is 5.87. The Morgan fingerprint density at radius 2 is 1.95 bits per heavy atom. The van der Waals surface area contributed by atoms with Crippen molar-refractivity contribution in [3.63, 3.8) is 0 Å². The Hall–Kier alpha value is -2.11. The van der Waals surface area contributed by atoms with Crippen LogP contribution in [-0.4, -0.2) is 10.8 Å². The molecule has 0 amide bonds. The minimum atomic E-state index is 0.388. The van der Waals surface area contributed by atoms with Gasteiger partial charge in [-0.15, -0.1) is 0 Å². The number of hydrazine groups is 1. The first-order chi connectivity index (χ1) is 9.19. The van der Waals surface area contributed by atoms with E-state index >= 15 is 0 Å². The van der Waals surface area contributed by atoms with Crippen molar-refractivity contribution in [2.24, 2.45) is 16.6 Å². The van der Waals surface area contributed by atoms with E-state index in [4.69, 9.17) is 23.2 Å². The van der Waals surface area contributed by atoms with Gasteiger partial charge in [-0.05, 0) is 29.8 Å². The van der Waals surface area contributed by atoms with E-state index in [1.807, 2.05) is 24.3 Å². The molecule has 5 nitrogen and oxygen atoms in total. The summed E-state index contributed by atoms with van der Waals surface area (Å²) in [5.41, 5.74) is 10.7. The molecule has 98 valence electrons. The summed E-state index contributed by atoms with van der Waals surface area (Å²) in [6.45, 7) is 0.488. The molecule has 0 aliphatic carbocycles. The smallest absolute Gasteiger partial charge is 0.144 e. The normalized spacial score (nSPS) is 11.4. The maximum absolute atomic E-state index is 5.87. The number of aromatic nitrogens is 1. The molecule has 0 aliphatic heterocycles. The molecule has 0 atom stereocenters. The van der Waals surface area contributed by atoms with Crippen LogP contribution in [0.25, 0.3) is 0 Å². The van der Waals surface area contributed by atoms with Crippen molar-refractivity contribution in [3.05, 3.63) is 58.9 Å². The lowest BCUT2D eigenvalue weighted by atomic mass is 10.2. The number of hydrogen-bond donors (Lipinski definition) is 3. The number of nitrogens with zero attached hydrogens (tertiary/aromatic N) is 2. The molecule has 0 saturated heterocycles. The van der Waals surface area contributed by atoms with Gasteiger partial charge in [-0.25, -0.2) is 0 Å². The summed E-state index contributed by atoms with van der Waals surface area (Å²) in [4.78, 5) is 8.44.